The molecule has 1 N–H and O–H groups in total. The third kappa shape index (κ3) is 3.81. The summed E-state index contributed by atoms with van der Waals surface area (Å²) in [7, 11) is 0. The number of piperidine rings is 1. The van der Waals surface area contributed by atoms with Crippen molar-refractivity contribution in [2.24, 2.45) is 5.41 Å². The van der Waals surface area contributed by atoms with Gasteiger partial charge in [0.05, 0.1) is 0 Å². The van der Waals surface area contributed by atoms with Crippen molar-refractivity contribution < 1.29 is 9.90 Å². The number of hydrogen-bond acceptors (Lipinski definition) is 3. The molecule has 1 amide bonds. The van der Waals surface area contributed by atoms with Crippen LogP contribution in [0, 0.1) is 5.41 Å². The molecule has 2 heterocycles. The third-order valence-electron chi connectivity index (χ3n) is 5.95. The van der Waals surface area contributed by atoms with Gasteiger partial charge in [0, 0.05) is 44.6 Å². The van der Waals surface area contributed by atoms with E-state index in [1.165, 1.54) is 11.1 Å². The molecule has 3 rings (SSSR count). The molecule has 1 atom stereocenters. The minimum Gasteiger partial charge on any atom is -0.396 e. The van der Waals surface area contributed by atoms with Crippen LogP contribution in [0.4, 0.5) is 0 Å². The van der Waals surface area contributed by atoms with Crippen molar-refractivity contribution in [3.8, 4) is 0 Å². The number of benzene rings is 1. The molecular weight excluding hydrogens is 300 g/mol. The second kappa shape index (κ2) is 7.66. The molecule has 1 aromatic rings. The summed E-state index contributed by atoms with van der Waals surface area (Å²) in [5.41, 5.74) is 2.72. The van der Waals surface area contributed by atoms with Crippen LogP contribution < -0.4 is 0 Å². The topological polar surface area (TPSA) is 43.8 Å². The lowest BCUT2D eigenvalue weighted by molar-refractivity contribution is -0.132. The average molecular weight is 330 g/mol. The molecule has 0 aromatic heterocycles. The van der Waals surface area contributed by atoms with Crippen LogP contribution in [0.1, 0.15) is 43.7 Å². The van der Waals surface area contributed by atoms with Gasteiger partial charge in [0.2, 0.25) is 5.91 Å². The number of hydrogen-bond donors (Lipinski definition) is 1. The van der Waals surface area contributed by atoms with E-state index in [1.54, 1.807) is 0 Å². The second-order valence-electron chi connectivity index (χ2n) is 7.48. The van der Waals surface area contributed by atoms with E-state index in [0.717, 1.165) is 58.4 Å². The van der Waals surface area contributed by atoms with Crippen molar-refractivity contribution >= 4 is 5.91 Å². The smallest absolute Gasteiger partial charge is 0.224 e. The number of likely N-dealkylation sites (tertiary alicyclic amines) is 1. The molecule has 0 saturated carbocycles. The van der Waals surface area contributed by atoms with Gasteiger partial charge in [-0.2, -0.15) is 0 Å². The first kappa shape index (κ1) is 17.4. The molecule has 2 aliphatic rings. The summed E-state index contributed by atoms with van der Waals surface area (Å²) in [5, 5.41) is 9.73. The van der Waals surface area contributed by atoms with E-state index in [1.807, 2.05) is 4.90 Å². The molecule has 24 heavy (non-hydrogen) atoms. The monoisotopic (exact) mass is 330 g/mol. The zero-order valence-corrected chi connectivity index (χ0v) is 14.8. The molecule has 0 bridgehead atoms. The highest BCUT2D eigenvalue weighted by Gasteiger charge is 2.33. The van der Waals surface area contributed by atoms with Gasteiger partial charge in [-0.1, -0.05) is 31.2 Å². The zero-order chi connectivity index (χ0) is 17.0. The van der Waals surface area contributed by atoms with Gasteiger partial charge in [-0.05, 0) is 43.4 Å². The third-order valence-corrected chi connectivity index (χ3v) is 5.95. The van der Waals surface area contributed by atoms with E-state index in [0.29, 0.717) is 6.42 Å². The highest BCUT2D eigenvalue weighted by molar-refractivity contribution is 5.76. The first-order chi connectivity index (χ1) is 11.7. The Morgan fingerprint density at radius 1 is 1.25 bits per heavy atom. The minimum absolute atomic E-state index is 0.0470. The maximum Gasteiger partial charge on any atom is 0.224 e. The van der Waals surface area contributed by atoms with E-state index in [2.05, 4.69) is 36.1 Å². The summed E-state index contributed by atoms with van der Waals surface area (Å²) in [4.78, 5) is 17.0. The lowest BCUT2D eigenvalue weighted by atomic mass is 9.78. The molecule has 4 heteroatoms. The lowest BCUT2D eigenvalue weighted by Crippen LogP contribution is -2.46. The molecule has 1 aromatic carbocycles. The van der Waals surface area contributed by atoms with Crippen LogP contribution >= 0.6 is 0 Å². The van der Waals surface area contributed by atoms with Crippen LogP contribution in [0.5, 0.6) is 0 Å². The molecular formula is C20H30N2O2. The van der Waals surface area contributed by atoms with E-state index in [4.69, 9.17) is 0 Å². The quantitative estimate of drug-likeness (QED) is 0.902. The van der Waals surface area contributed by atoms with Gasteiger partial charge in [-0.25, -0.2) is 0 Å². The zero-order valence-electron chi connectivity index (χ0n) is 14.8. The average Bonchev–Trinajstić information content (AvgIpc) is 2.65. The predicted molar refractivity (Wildman–Crippen MR) is 95.7 cm³/mol. The number of aliphatic hydroxyl groups excluding tert-OH is 1. The van der Waals surface area contributed by atoms with Gasteiger partial charge in [0.25, 0.3) is 0 Å². The Hall–Kier alpha value is -1.39. The summed E-state index contributed by atoms with van der Waals surface area (Å²) in [5.74, 6) is 0.265. The van der Waals surface area contributed by atoms with Crippen LogP contribution in [0.3, 0.4) is 0 Å². The number of carbonyl (C=O) groups is 1. The van der Waals surface area contributed by atoms with Crippen LogP contribution in [-0.2, 0) is 17.8 Å². The van der Waals surface area contributed by atoms with Crippen molar-refractivity contribution in [1.82, 2.24) is 9.80 Å². The molecule has 4 nitrogen and oxygen atoms in total. The largest absolute Gasteiger partial charge is 0.396 e. The fourth-order valence-electron chi connectivity index (χ4n) is 4.15. The molecule has 1 unspecified atom stereocenters. The van der Waals surface area contributed by atoms with Gasteiger partial charge in [0.15, 0.2) is 0 Å². The van der Waals surface area contributed by atoms with Gasteiger partial charge < -0.3 is 14.9 Å². The van der Waals surface area contributed by atoms with Crippen molar-refractivity contribution in [2.45, 2.75) is 45.6 Å². The highest BCUT2D eigenvalue weighted by Crippen LogP contribution is 2.32. The fourth-order valence-corrected chi connectivity index (χ4v) is 4.15. The number of carbonyl (C=O) groups excluding carboxylic acids is 1. The Labute approximate surface area is 145 Å². The predicted octanol–water partition coefficient (Wildman–Crippen LogP) is 2.45. The van der Waals surface area contributed by atoms with Crippen molar-refractivity contribution in [3.05, 3.63) is 35.4 Å². The number of rotatable bonds is 5. The molecule has 1 fully saturated rings. The Morgan fingerprint density at radius 2 is 2.04 bits per heavy atom. The first-order valence-corrected chi connectivity index (χ1v) is 9.33. The van der Waals surface area contributed by atoms with Crippen LogP contribution in [0.25, 0.3) is 0 Å². The van der Waals surface area contributed by atoms with Gasteiger partial charge in [0.1, 0.15) is 0 Å². The Kier molecular flexibility index (Phi) is 5.57. The number of nitrogens with zero attached hydrogens (tertiary/aromatic N) is 2. The second-order valence-corrected chi connectivity index (χ2v) is 7.48. The van der Waals surface area contributed by atoms with E-state index >= 15 is 0 Å². The molecule has 0 radical (unpaired) electrons. The SMILES string of the molecule is CCC1(CO)CCCN(CCC(=O)N2CCc3ccccc3C2)C1. The first-order valence-electron chi connectivity index (χ1n) is 9.33. The van der Waals surface area contributed by atoms with Crippen LogP contribution in [0.15, 0.2) is 24.3 Å². The molecule has 1 saturated heterocycles. The van der Waals surface area contributed by atoms with E-state index in [9.17, 15) is 9.90 Å². The summed E-state index contributed by atoms with van der Waals surface area (Å²) in [6, 6.07) is 8.44. The van der Waals surface area contributed by atoms with Crippen molar-refractivity contribution in [2.75, 3.05) is 32.8 Å². The normalized spacial score (nSPS) is 24.7. The Morgan fingerprint density at radius 3 is 2.79 bits per heavy atom. The minimum atomic E-state index is 0.0470. The lowest BCUT2D eigenvalue weighted by Gasteiger charge is -2.41. The Balaban J connectivity index is 1.51. The van der Waals surface area contributed by atoms with Crippen LogP contribution in [-0.4, -0.2) is 53.6 Å². The summed E-state index contributed by atoms with van der Waals surface area (Å²) < 4.78 is 0. The standard InChI is InChI=1S/C20H30N2O2/c1-2-20(16-23)10-5-11-21(15-20)12-9-19(24)22-13-8-17-6-3-4-7-18(17)14-22/h3-4,6-7,23H,2,5,8-16H2,1H3. The summed E-state index contributed by atoms with van der Waals surface area (Å²) >= 11 is 0. The molecule has 132 valence electrons. The number of fused-ring (bicyclic) bond motifs is 1. The number of amides is 1. The van der Waals surface area contributed by atoms with Crippen molar-refractivity contribution in [1.29, 1.82) is 0 Å². The Bertz CT molecular complexity index is 569. The number of aliphatic hydroxyl groups is 1. The van der Waals surface area contributed by atoms with Gasteiger partial charge >= 0.3 is 0 Å². The van der Waals surface area contributed by atoms with Crippen molar-refractivity contribution in [3.63, 3.8) is 0 Å². The van der Waals surface area contributed by atoms with E-state index < -0.39 is 0 Å². The summed E-state index contributed by atoms with van der Waals surface area (Å²) in [6.07, 6.45) is 4.80. The molecule has 0 spiro atoms. The van der Waals surface area contributed by atoms with E-state index in [-0.39, 0.29) is 17.9 Å². The summed E-state index contributed by atoms with van der Waals surface area (Å²) in [6.45, 7) is 6.82. The maximum atomic E-state index is 12.6. The molecule has 2 aliphatic heterocycles. The van der Waals surface area contributed by atoms with Gasteiger partial charge in [-0.15, -0.1) is 0 Å². The fraction of sp³-hybridized carbons (Fsp3) is 0.650. The molecule has 0 aliphatic carbocycles. The van der Waals surface area contributed by atoms with Crippen LogP contribution in [0.2, 0.25) is 0 Å². The van der Waals surface area contributed by atoms with Gasteiger partial charge in [-0.3, -0.25) is 4.79 Å². The maximum absolute atomic E-state index is 12.6. The highest BCUT2D eigenvalue weighted by atomic mass is 16.3.